The molecule has 7 nitrogen and oxygen atoms in total. The number of halogens is 2. The Labute approximate surface area is 195 Å². The van der Waals surface area contributed by atoms with Crippen molar-refractivity contribution in [2.24, 2.45) is 0 Å². The lowest BCUT2D eigenvalue weighted by atomic mass is 9.86. The van der Waals surface area contributed by atoms with Gasteiger partial charge in [0.05, 0.1) is 13.2 Å². The van der Waals surface area contributed by atoms with Gasteiger partial charge in [0, 0.05) is 24.2 Å². The number of esters is 1. The fourth-order valence-electron chi connectivity index (χ4n) is 3.78. The van der Waals surface area contributed by atoms with Gasteiger partial charge < -0.3 is 19.4 Å². The summed E-state index contributed by atoms with van der Waals surface area (Å²) in [5.74, 6) is -0.561. The fraction of sp³-hybridized carbons (Fsp3) is 0.320. The Hall–Kier alpha value is -3.75. The number of pyridine rings is 2. The molecular formula is C25H24F2N2O5. The number of ether oxygens (including phenoxy) is 3. The van der Waals surface area contributed by atoms with Gasteiger partial charge in [-0.2, -0.15) is 13.5 Å². The van der Waals surface area contributed by atoms with Gasteiger partial charge in [-0.1, -0.05) is 12.1 Å². The highest BCUT2D eigenvalue weighted by Gasteiger charge is 2.24. The minimum Gasteiger partial charge on any atom is -0.619 e. The zero-order valence-electron chi connectivity index (χ0n) is 18.5. The van der Waals surface area contributed by atoms with Crippen molar-refractivity contribution in [1.29, 1.82) is 0 Å². The number of hydrogen-bond acceptors (Lipinski definition) is 6. The third-order valence-corrected chi connectivity index (χ3v) is 5.83. The van der Waals surface area contributed by atoms with Gasteiger partial charge in [-0.15, -0.1) is 0 Å². The number of rotatable bonds is 9. The number of benzene rings is 1. The van der Waals surface area contributed by atoms with E-state index in [-0.39, 0.29) is 29.2 Å². The van der Waals surface area contributed by atoms with Gasteiger partial charge in [-0.3, -0.25) is 0 Å². The van der Waals surface area contributed by atoms with Crippen LogP contribution in [0.3, 0.4) is 0 Å². The van der Waals surface area contributed by atoms with Crippen LogP contribution in [0.15, 0.2) is 61.1 Å². The highest BCUT2D eigenvalue weighted by Crippen LogP contribution is 2.38. The molecule has 0 bridgehead atoms. The molecule has 3 aromatic rings. The number of carbonyl (C=O) groups is 1. The second-order valence-electron chi connectivity index (χ2n) is 8.05. The summed E-state index contributed by atoms with van der Waals surface area (Å²) in [5, 5.41) is 11.5. The minimum absolute atomic E-state index is 0.0179. The van der Waals surface area contributed by atoms with Crippen LogP contribution in [-0.2, 0) is 11.2 Å². The van der Waals surface area contributed by atoms with Crippen molar-refractivity contribution in [1.82, 2.24) is 4.98 Å². The standard InChI is InChI=1S/C25H24F2N2O5/c1-32-24(30)21-7-5-18(15-28-21)20(13-16-9-11-29(31)12-10-16)17-6-8-22(34-25(26)27)23(14-17)33-19-3-2-4-19/h5-12,14-15,19-20,25H,2-4,13H2,1H3. The highest BCUT2D eigenvalue weighted by atomic mass is 19.3. The van der Waals surface area contributed by atoms with E-state index in [0.29, 0.717) is 11.2 Å². The van der Waals surface area contributed by atoms with Gasteiger partial charge in [-0.25, -0.2) is 9.78 Å². The average molecular weight is 470 g/mol. The summed E-state index contributed by atoms with van der Waals surface area (Å²) in [6.07, 6.45) is 7.63. The van der Waals surface area contributed by atoms with Crippen molar-refractivity contribution in [2.45, 2.75) is 44.3 Å². The quantitative estimate of drug-likeness (QED) is 0.262. The molecule has 34 heavy (non-hydrogen) atoms. The predicted octanol–water partition coefficient (Wildman–Crippen LogP) is 4.41. The number of alkyl halides is 2. The zero-order valence-corrected chi connectivity index (χ0v) is 18.5. The van der Waals surface area contributed by atoms with Gasteiger partial charge >= 0.3 is 12.6 Å². The Kier molecular flexibility index (Phi) is 7.20. The summed E-state index contributed by atoms with van der Waals surface area (Å²) in [6, 6.07) is 11.7. The van der Waals surface area contributed by atoms with Gasteiger partial charge in [0.2, 0.25) is 0 Å². The monoisotopic (exact) mass is 470 g/mol. The summed E-state index contributed by atoms with van der Waals surface area (Å²) in [5.41, 5.74) is 2.65. The second-order valence-corrected chi connectivity index (χ2v) is 8.05. The minimum atomic E-state index is -2.97. The molecule has 1 atom stereocenters. The van der Waals surface area contributed by atoms with Gasteiger partial charge in [0.1, 0.15) is 5.69 Å². The van der Waals surface area contributed by atoms with E-state index in [2.05, 4.69) is 9.72 Å². The van der Waals surface area contributed by atoms with Crippen LogP contribution in [0.5, 0.6) is 11.5 Å². The van der Waals surface area contributed by atoms with E-state index in [1.807, 2.05) is 0 Å². The molecule has 1 aliphatic carbocycles. The van der Waals surface area contributed by atoms with Crippen molar-refractivity contribution < 1.29 is 32.5 Å². The number of aromatic nitrogens is 2. The van der Waals surface area contributed by atoms with E-state index in [4.69, 9.17) is 9.47 Å². The Balaban J connectivity index is 1.71. The maximum Gasteiger partial charge on any atom is 0.387 e. The van der Waals surface area contributed by atoms with Crippen molar-refractivity contribution in [3.8, 4) is 11.5 Å². The molecule has 9 heteroatoms. The van der Waals surface area contributed by atoms with E-state index in [1.165, 1.54) is 25.6 Å². The molecule has 0 aliphatic heterocycles. The average Bonchev–Trinajstić information content (AvgIpc) is 2.81. The molecule has 1 aliphatic rings. The molecule has 0 amide bonds. The summed E-state index contributed by atoms with van der Waals surface area (Å²) in [6.45, 7) is -2.97. The molecule has 1 aromatic carbocycles. The molecular weight excluding hydrogens is 446 g/mol. The Morgan fingerprint density at radius 3 is 2.44 bits per heavy atom. The Morgan fingerprint density at radius 2 is 1.85 bits per heavy atom. The van der Waals surface area contributed by atoms with Crippen molar-refractivity contribution in [3.05, 3.63) is 88.6 Å². The molecule has 1 unspecified atom stereocenters. The lowest BCUT2D eigenvalue weighted by molar-refractivity contribution is -0.605. The maximum atomic E-state index is 13.0. The lowest BCUT2D eigenvalue weighted by Crippen LogP contribution is -2.25. The fourth-order valence-corrected chi connectivity index (χ4v) is 3.78. The third-order valence-electron chi connectivity index (χ3n) is 5.83. The Bertz CT molecular complexity index is 1120. The van der Waals surface area contributed by atoms with Crippen LogP contribution in [0, 0.1) is 5.21 Å². The van der Waals surface area contributed by atoms with Crippen molar-refractivity contribution in [3.63, 3.8) is 0 Å². The number of carbonyl (C=O) groups excluding carboxylic acids is 1. The Morgan fingerprint density at radius 1 is 1.12 bits per heavy atom. The van der Waals surface area contributed by atoms with Crippen LogP contribution in [0.1, 0.15) is 52.4 Å². The van der Waals surface area contributed by atoms with Crippen LogP contribution >= 0.6 is 0 Å². The first-order valence-corrected chi connectivity index (χ1v) is 10.9. The topological polar surface area (TPSA) is 84.6 Å². The molecule has 1 fully saturated rings. The summed E-state index contributed by atoms with van der Waals surface area (Å²) >= 11 is 0. The molecule has 0 radical (unpaired) electrons. The van der Waals surface area contributed by atoms with Crippen LogP contribution < -0.4 is 14.2 Å². The molecule has 0 spiro atoms. The van der Waals surface area contributed by atoms with Crippen LogP contribution in [-0.4, -0.2) is 30.8 Å². The number of hydrogen-bond donors (Lipinski definition) is 0. The van der Waals surface area contributed by atoms with Crippen molar-refractivity contribution >= 4 is 5.97 Å². The molecule has 2 heterocycles. The van der Waals surface area contributed by atoms with E-state index >= 15 is 0 Å². The highest BCUT2D eigenvalue weighted by molar-refractivity contribution is 5.87. The van der Waals surface area contributed by atoms with E-state index in [1.54, 1.807) is 42.6 Å². The SMILES string of the molecule is COC(=O)c1ccc(C(Cc2cc[n+]([O-])cc2)c2ccc(OC(F)F)c(OC3CCC3)c2)cn1. The molecule has 4 rings (SSSR count). The number of nitrogens with zero attached hydrogens (tertiary/aromatic N) is 2. The first kappa shape index (κ1) is 23.4. The van der Waals surface area contributed by atoms with Crippen LogP contribution in [0.25, 0.3) is 0 Å². The summed E-state index contributed by atoms with van der Waals surface area (Å²) in [4.78, 5) is 16.0. The molecule has 0 saturated heterocycles. The number of methoxy groups -OCH3 is 1. The lowest BCUT2D eigenvalue weighted by Gasteiger charge is -2.28. The first-order valence-electron chi connectivity index (χ1n) is 10.9. The largest absolute Gasteiger partial charge is 0.619 e. The first-order chi connectivity index (χ1) is 16.4. The maximum absolute atomic E-state index is 13.0. The normalized spacial score (nSPS) is 14.4. The molecule has 2 aromatic heterocycles. The van der Waals surface area contributed by atoms with Crippen LogP contribution in [0.2, 0.25) is 0 Å². The third kappa shape index (κ3) is 5.59. The van der Waals surface area contributed by atoms with Crippen molar-refractivity contribution in [2.75, 3.05) is 7.11 Å². The molecule has 1 saturated carbocycles. The van der Waals surface area contributed by atoms with E-state index < -0.39 is 12.6 Å². The van der Waals surface area contributed by atoms with Gasteiger partial charge in [-0.05, 0) is 60.6 Å². The van der Waals surface area contributed by atoms with Gasteiger partial charge in [0.15, 0.2) is 23.9 Å². The van der Waals surface area contributed by atoms with Crippen LogP contribution in [0.4, 0.5) is 8.78 Å². The molecule has 0 N–H and O–H groups in total. The zero-order chi connectivity index (χ0) is 24.1. The smallest absolute Gasteiger partial charge is 0.387 e. The van der Waals surface area contributed by atoms with E-state index in [9.17, 15) is 18.8 Å². The second kappa shape index (κ2) is 10.5. The van der Waals surface area contributed by atoms with Gasteiger partial charge in [0.25, 0.3) is 0 Å². The van der Waals surface area contributed by atoms with E-state index in [0.717, 1.165) is 36.0 Å². The summed E-state index contributed by atoms with van der Waals surface area (Å²) in [7, 11) is 1.28. The summed E-state index contributed by atoms with van der Waals surface area (Å²) < 4.78 is 42.0. The molecule has 178 valence electrons. The predicted molar refractivity (Wildman–Crippen MR) is 118 cm³/mol.